The summed E-state index contributed by atoms with van der Waals surface area (Å²) in [5.41, 5.74) is 5.98. The molecule has 0 unspecified atom stereocenters. The van der Waals surface area contributed by atoms with Gasteiger partial charge in [-0.3, -0.25) is 4.98 Å². The monoisotopic (exact) mass is 536 g/mol. The van der Waals surface area contributed by atoms with Crippen molar-refractivity contribution in [2.24, 2.45) is 0 Å². The van der Waals surface area contributed by atoms with Crippen LogP contribution in [-0.2, 0) is 0 Å². The topological polar surface area (TPSA) is 42.3 Å². The van der Waals surface area contributed by atoms with Gasteiger partial charge in [0.1, 0.15) is 5.75 Å². The van der Waals surface area contributed by atoms with Gasteiger partial charge < -0.3 is 19.5 Å². The smallest absolute Gasteiger partial charge is 0.174 e. The summed E-state index contributed by atoms with van der Waals surface area (Å²) in [5.74, 6) is 0.825. The third kappa shape index (κ3) is 4.34. The lowest BCUT2D eigenvalue weighted by atomic mass is 9.96. The van der Waals surface area contributed by atoms with E-state index in [0.29, 0.717) is 21.8 Å². The second-order valence-corrected chi connectivity index (χ2v) is 9.83. The van der Waals surface area contributed by atoms with Crippen LogP contribution in [0.25, 0.3) is 5.69 Å². The van der Waals surface area contributed by atoms with E-state index in [2.05, 4.69) is 39.7 Å². The quantitative estimate of drug-likeness (QED) is 0.260. The molecule has 5 rings (SSSR count). The second-order valence-electron chi connectivity index (χ2n) is 8.66. The number of ether oxygens (including phenoxy) is 1. The van der Waals surface area contributed by atoms with Gasteiger partial charge in [0.15, 0.2) is 5.11 Å². The average molecular weight is 538 g/mol. The van der Waals surface area contributed by atoms with Gasteiger partial charge in [-0.1, -0.05) is 35.3 Å². The summed E-state index contributed by atoms with van der Waals surface area (Å²) in [6.45, 7) is 6.77. The van der Waals surface area contributed by atoms with Crippen molar-refractivity contribution in [3.8, 4) is 11.4 Å². The summed E-state index contributed by atoms with van der Waals surface area (Å²) in [7, 11) is 0. The molecule has 0 amide bonds. The molecule has 0 saturated carbocycles. The number of benzene rings is 2. The van der Waals surface area contributed by atoms with Gasteiger partial charge in [-0.25, -0.2) is 0 Å². The Hall–Kier alpha value is -3.06. The molecular formula is C28H26Cl2N4OS. The molecule has 5 nitrogen and oxygen atoms in total. The van der Waals surface area contributed by atoms with Gasteiger partial charge >= 0.3 is 0 Å². The van der Waals surface area contributed by atoms with Crippen molar-refractivity contribution in [1.29, 1.82) is 0 Å². The van der Waals surface area contributed by atoms with Gasteiger partial charge in [0.25, 0.3) is 0 Å². The normalized spacial score (nSPS) is 17.4. The van der Waals surface area contributed by atoms with Crippen molar-refractivity contribution < 1.29 is 4.74 Å². The fourth-order valence-corrected chi connectivity index (χ4v) is 5.67. The Balaban J connectivity index is 1.66. The minimum absolute atomic E-state index is 0.136. The molecule has 8 heteroatoms. The van der Waals surface area contributed by atoms with Crippen molar-refractivity contribution >= 4 is 46.2 Å². The first-order valence-corrected chi connectivity index (χ1v) is 12.9. The zero-order valence-corrected chi connectivity index (χ0v) is 22.5. The number of hydrogen-bond donors (Lipinski definition) is 1. The maximum absolute atomic E-state index is 6.64. The van der Waals surface area contributed by atoms with Crippen molar-refractivity contribution in [2.45, 2.75) is 32.9 Å². The number of halogens is 2. The van der Waals surface area contributed by atoms with Crippen LogP contribution in [0.15, 0.2) is 72.9 Å². The molecule has 0 spiro atoms. The largest absolute Gasteiger partial charge is 0.494 e. The highest BCUT2D eigenvalue weighted by Gasteiger charge is 2.42. The Kier molecular flexibility index (Phi) is 6.93. The summed E-state index contributed by atoms with van der Waals surface area (Å²) < 4.78 is 7.81. The number of thiocarbonyl (C=S) groups is 1. The minimum Gasteiger partial charge on any atom is -0.494 e. The molecule has 4 aromatic rings. The zero-order chi connectivity index (χ0) is 25.4. The van der Waals surface area contributed by atoms with E-state index in [0.717, 1.165) is 39.8 Å². The summed E-state index contributed by atoms with van der Waals surface area (Å²) in [6, 6.07) is 21.6. The van der Waals surface area contributed by atoms with Crippen LogP contribution in [0, 0.1) is 13.8 Å². The SMILES string of the molecule is CCOc1ccc(N2C(=S)N[C@H](c3ccccn3)[C@H]2c2cc(C)n(-c3cccc(Cl)c3Cl)c2C)cc1. The highest BCUT2D eigenvalue weighted by atomic mass is 35.5. The zero-order valence-electron chi connectivity index (χ0n) is 20.2. The van der Waals surface area contributed by atoms with Gasteiger partial charge in [0.05, 0.1) is 40.1 Å². The van der Waals surface area contributed by atoms with E-state index in [1.165, 1.54) is 0 Å². The molecule has 0 aliphatic carbocycles. The van der Waals surface area contributed by atoms with Crippen LogP contribution in [0.1, 0.15) is 41.7 Å². The lowest BCUT2D eigenvalue weighted by molar-refractivity contribution is 0.340. The molecule has 1 aliphatic rings. The first kappa shape index (κ1) is 24.6. The molecule has 0 radical (unpaired) electrons. The minimum atomic E-state index is -0.144. The molecule has 184 valence electrons. The van der Waals surface area contributed by atoms with Gasteiger partial charge in [-0.15, -0.1) is 0 Å². The molecule has 2 atom stereocenters. The Bertz CT molecular complexity index is 1410. The molecule has 1 saturated heterocycles. The molecule has 2 aromatic heterocycles. The van der Waals surface area contributed by atoms with Gasteiger partial charge in [-0.2, -0.15) is 0 Å². The van der Waals surface area contributed by atoms with Crippen molar-refractivity contribution in [3.63, 3.8) is 0 Å². The molecule has 3 heterocycles. The molecule has 1 fully saturated rings. The molecule has 0 bridgehead atoms. The number of pyridine rings is 1. The van der Waals surface area contributed by atoms with Crippen LogP contribution in [0.5, 0.6) is 5.75 Å². The predicted octanol–water partition coefficient (Wildman–Crippen LogP) is 7.37. The predicted molar refractivity (Wildman–Crippen MR) is 151 cm³/mol. The highest BCUT2D eigenvalue weighted by molar-refractivity contribution is 7.80. The number of aromatic nitrogens is 2. The van der Waals surface area contributed by atoms with Crippen LogP contribution < -0.4 is 15.0 Å². The van der Waals surface area contributed by atoms with E-state index in [1.807, 2.05) is 67.7 Å². The number of nitrogens with one attached hydrogen (secondary N) is 1. The fraction of sp³-hybridized carbons (Fsp3) is 0.214. The van der Waals surface area contributed by atoms with E-state index < -0.39 is 0 Å². The van der Waals surface area contributed by atoms with Crippen LogP contribution in [0.3, 0.4) is 0 Å². The first-order chi connectivity index (χ1) is 17.4. The number of anilines is 1. The van der Waals surface area contributed by atoms with Crippen LogP contribution in [0.2, 0.25) is 10.0 Å². The first-order valence-electron chi connectivity index (χ1n) is 11.8. The number of nitrogens with zero attached hydrogens (tertiary/aromatic N) is 3. The van der Waals surface area contributed by atoms with E-state index in [-0.39, 0.29) is 12.1 Å². The van der Waals surface area contributed by atoms with Crippen molar-refractivity contribution in [1.82, 2.24) is 14.9 Å². The molecule has 36 heavy (non-hydrogen) atoms. The van der Waals surface area contributed by atoms with Crippen molar-refractivity contribution in [3.05, 3.63) is 106 Å². The summed E-state index contributed by atoms with van der Waals surface area (Å²) in [4.78, 5) is 6.83. The summed E-state index contributed by atoms with van der Waals surface area (Å²) in [5, 5.41) is 5.22. The van der Waals surface area contributed by atoms with Gasteiger partial charge in [0, 0.05) is 23.3 Å². The lowest BCUT2D eigenvalue weighted by Gasteiger charge is -2.28. The van der Waals surface area contributed by atoms with E-state index in [4.69, 9.17) is 40.2 Å². The average Bonchev–Trinajstić information content (AvgIpc) is 3.37. The second kappa shape index (κ2) is 10.1. The van der Waals surface area contributed by atoms with Gasteiger partial charge in [-0.05, 0) is 93.1 Å². The van der Waals surface area contributed by atoms with Crippen LogP contribution in [0.4, 0.5) is 5.69 Å². The Morgan fingerprint density at radius 1 is 1.03 bits per heavy atom. The van der Waals surface area contributed by atoms with Crippen molar-refractivity contribution in [2.75, 3.05) is 11.5 Å². The lowest BCUT2D eigenvalue weighted by Crippen LogP contribution is -2.29. The Morgan fingerprint density at radius 2 is 1.81 bits per heavy atom. The van der Waals surface area contributed by atoms with Gasteiger partial charge in [0.2, 0.25) is 0 Å². The summed E-state index contributed by atoms with van der Waals surface area (Å²) >= 11 is 18.9. The third-order valence-corrected chi connectivity index (χ3v) is 7.61. The standard InChI is InChI=1S/C28H26Cl2N4OS/c1-4-35-20-13-11-19(12-14-20)34-27(26(32-28(34)36)23-9-5-6-15-31-23)21-16-17(2)33(18(21)3)24-10-7-8-22(29)25(24)30/h5-16,26-27H,4H2,1-3H3,(H,32,36)/t26-,27-/m1/s1. The Labute approximate surface area is 226 Å². The molecule has 2 aromatic carbocycles. The van der Waals surface area contributed by atoms with E-state index in [9.17, 15) is 0 Å². The van der Waals surface area contributed by atoms with Crippen LogP contribution >= 0.6 is 35.4 Å². The maximum atomic E-state index is 6.64. The fourth-order valence-electron chi connectivity index (χ4n) is 4.94. The molecule has 1 N–H and O–H groups in total. The highest BCUT2D eigenvalue weighted by Crippen LogP contribution is 2.44. The maximum Gasteiger partial charge on any atom is 0.174 e. The van der Waals surface area contributed by atoms with E-state index in [1.54, 1.807) is 6.07 Å². The molecular weight excluding hydrogens is 511 g/mol. The Morgan fingerprint density at radius 3 is 2.50 bits per heavy atom. The number of hydrogen-bond acceptors (Lipinski definition) is 3. The number of rotatable bonds is 6. The van der Waals surface area contributed by atoms with Crippen LogP contribution in [-0.4, -0.2) is 21.3 Å². The van der Waals surface area contributed by atoms with E-state index >= 15 is 0 Å². The summed E-state index contributed by atoms with van der Waals surface area (Å²) in [6.07, 6.45) is 1.81. The number of aryl methyl sites for hydroxylation is 1. The third-order valence-electron chi connectivity index (χ3n) is 6.49. The molecule has 1 aliphatic heterocycles.